The number of hydrogen-bond acceptors (Lipinski definition) is 6. The Balaban J connectivity index is 1.80. The number of ether oxygens (including phenoxy) is 1. The fourth-order valence-electron chi connectivity index (χ4n) is 2.81. The van der Waals surface area contributed by atoms with E-state index in [1.54, 1.807) is 0 Å². The zero-order chi connectivity index (χ0) is 17.8. The van der Waals surface area contributed by atoms with Gasteiger partial charge in [0.25, 0.3) is 0 Å². The van der Waals surface area contributed by atoms with Gasteiger partial charge in [0.15, 0.2) is 23.2 Å². The molecule has 2 aromatic rings. The first kappa shape index (κ1) is 16.5. The number of fused-ring (bicyclic) bond motifs is 1. The molecule has 1 saturated carbocycles. The second-order valence-corrected chi connectivity index (χ2v) is 6.22. The first-order valence-electron chi connectivity index (χ1n) is 7.85. The summed E-state index contributed by atoms with van der Waals surface area (Å²) in [6, 6.07) is 0.0553. The van der Waals surface area contributed by atoms with Crippen molar-refractivity contribution >= 4 is 17.0 Å². The third-order valence-corrected chi connectivity index (χ3v) is 4.20. The van der Waals surface area contributed by atoms with Crippen LogP contribution >= 0.6 is 0 Å². The van der Waals surface area contributed by atoms with E-state index in [1.165, 1.54) is 6.33 Å². The molecule has 2 N–H and O–H groups in total. The summed E-state index contributed by atoms with van der Waals surface area (Å²) in [5, 5.41) is 12.0. The lowest BCUT2D eigenvalue weighted by Crippen LogP contribution is -2.19. The van der Waals surface area contributed by atoms with Gasteiger partial charge in [0.05, 0.1) is 19.0 Å². The van der Waals surface area contributed by atoms with Crippen LogP contribution in [0.2, 0.25) is 0 Å². The van der Waals surface area contributed by atoms with Gasteiger partial charge in [0, 0.05) is 12.5 Å². The third kappa shape index (κ3) is 3.01. The van der Waals surface area contributed by atoms with Crippen molar-refractivity contribution in [2.45, 2.75) is 50.0 Å². The lowest BCUT2D eigenvalue weighted by Gasteiger charge is -2.16. The number of halogens is 4. The molecule has 1 aliphatic carbocycles. The van der Waals surface area contributed by atoms with E-state index in [1.807, 2.05) is 0 Å². The molecule has 0 amide bonds. The maximum absolute atomic E-state index is 14.2. The maximum atomic E-state index is 14.2. The van der Waals surface area contributed by atoms with Gasteiger partial charge in [-0.15, -0.1) is 0 Å². The lowest BCUT2D eigenvalue weighted by atomic mass is 10.2. The summed E-state index contributed by atoms with van der Waals surface area (Å²) in [6.07, 6.45) is -5.33. The van der Waals surface area contributed by atoms with Gasteiger partial charge in [-0.1, -0.05) is 0 Å². The van der Waals surface area contributed by atoms with Crippen LogP contribution in [0.15, 0.2) is 6.33 Å². The molecule has 1 aliphatic heterocycles. The highest BCUT2D eigenvalue weighted by Gasteiger charge is 2.40. The van der Waals surface area contributed by atoms with Gasteiger partial charge in [-0.2, -0.15) is 13.2 Å². The number of nitrogens with zero attached hydrogens (tertiary/aromatic N) is 4. The topological polar surface area (TPSA) is 85.1 Å². The minimum atomic E-state index is -4.75. The number of hydrogen-bond donors (Lipinski definition) is 2. The van der Waals surface area contributed by atoms with Crippen LogP contribution in [-0.2, 0) is 10.9 Å². The van der Waals surface area contributed by atoms with Gasteiger partial charge < -0.3 is 15.2 Å². The van der Waals surface area contributed by atoms with E-state index in [2.05, 4.69) is 20.3 Å². The number of aromatic nitrogens is 4. The van der Waals surface area contributed by atoms with Crippen LogP contribution < -0.4 is 5.32 Å². The fourth-order valence-corrected chi connectivity index (χ4v) is 2.81. The van der Waals surface area contributed by atoms with Gasteiger partial charge in [-0.05, 0) is 12.8 Å². The van der Waals surface area contributed by atoms with Crippen molar-refractivity contribution in [2.24, 2.45) is 0 Å². The molecular weight excluding hydrogens is 346 g/mol. The van der Waals surface area contributed by atoms with Crippen LogP contribution in [0, 0.1) is 0 Å². The molecule has 1 saturated heterocycles. The van der Waals surface area contributed by atoms with E-state index in [9.17, 15) is 17.6 Å². The standard InChI is InChI=1S/C14H15F4N5O2/c15-8-3-7(4-24)25-12(8)23-5-19-9-10(20-6-1-2-6)21-13(14(16,17)18)22-11(9)23/h5-8,12,24H,1-4H2,(H,20,21,22). The van der Waals surface area contributed by atoms with Gasteiger partial charge in [-0.25, -0.2) is 19.3 Å². The molecule has 0 radical (unpaired) electrons. The average Bonchev–Trinajstić information content (AvgIpc) is 3.13. The molecule has 11 heteroatoms. The monoisotopic (exact) mass is 361 g/mol. The third-order valence-electron chi connectivity index (χ3n) is 4.20. The van der Waals surface area contributed by atoms with E-state index in [-0.39, 0.29) is 36.1 Å². The van der Waals surface area contributed by atoms with E-state index >= 15 is 0 Å². The van der Waals surface area contributed by atoms with Gasteiger partial charge in [0.1, 0.15) is 6.17 Å². The molecule has 0 spiro atoms. The van der Waals surface area contributed by atoms with Crippen molar-refractivity contribution in [3.8, 4) is 0 Å². The highest BCUT2D eigenvalue weighted by atomic mass is 19.4. The Morgan fingerprint density at radius 3 is 2.68 bits per heavy atom. The minimum absolute atomic E-state index is 0.0225. The zero-order valence-electron chi connectivity index (χ0n) is 12.9. The number of rotatable bonds is 4. The van der Waals surface area contributed by atoms with E-state index < -0.39 is 30.5 Å². The Bertz CT molecular complexity index is 791. The average molecular weight is 361 g/mol. The normalized spacial score (nSPS) is 27.2. The Hall–Kier alpha value is -2.01. The molecule has 4 rings (SSSR count). The highest BCUT2D eigenvalue weighted by molar-refractivity contribution is 5.83. The molecule has 0 aromatic carbocycles. The Kier molecular flexibility index (Phi) is 3.80. The van der Waals surface area contributed by atoms with Crippen molar-refractivity contribution in [2.75, 3.05) is 11.9 Å². The molecule has 3 atom stereocenters. The lowest BCUT2D eigenvalue weighted by molar-refractivity contribution is -0.144. The van der Waals surface area contributed by atoms with Crippen LogP contribution in [0.3, 0.4) is 0 Å². The molecule has 2 aromatic heterocycles. The van der Waals surface area contributed by atoms with Crippen LogP contribution in [-0.4, -0.2) is 49.5 Å². The maximum Gasteiger partial charge on any atom is 0.451 e. The number of alkyl halides is 4. The number of aliphatic hydroxyl groups is 1. The molecule has 2 fully saturated rings. The van der Waals surface area contributed by atoms with Gasteiger partial charge >= 0.3 is 6.18 Å². The first-order chi connectivity index (χ1) is 11.9. The Morgan fingerprint density at radius 1 is 1.32 bits per heavy atom. The number of aliphatic hydroxyl groups excluding tert-OH is 1. The van der Waals surface area contributed by atoms with Crippen LogP contribution in [0.4, 0.5) is 23.4 Å². The number of nitrogens with one attached hydrogen (secondary N) is 1. The van der Waals surface area contributed by atoms with Crippen molar-refractivity contribution in [1.29, 1.82) is 0 Å². The van der Waals surface area contributed by atoms with Gasteiger partial charge in [-0.3, -0.25) is 4.57 Å². The van der Waals surface area contributed by atoms with E-state index in [0.29, 0.717) is 0 Å². The van der Waals surface area contributed by atoms with E-state index in [0.717, 1.165) is 17.4 Å². The summed E-state index contributed by atoms with van der Waals surface area (Å²) in [6.45, 7) is -0.374. The first-order valence-corrected chi connectivity index (χ1v) is 7.85. The summed E-state index contributed by atoms with van der Waals surface area (Å²) >= 11 is 0. The summed E-state index contributed by atoms with van der Waals surface area (Å²) in [5.41, 5.74) is -0.0279. The Morgan fingerprint density at radius 2 is 2.08 bits per heavy atom. The molecule has 3 unspecified atom stereocenters. The molecule has 3 heterocycles. The van der Waals surface area contributed by atoms with Crippen molar-refractivity contribution in [1.82, 2.24) is 19.5 Å². The molecule has 7 nitrogen and oxygen atoms in total. The van der Waals surface area contributed by atoms with E-state index in [4.69, 9.17) is 9.84 Å². The molecule has 136 valence electrons. The molecule has 2 aliphatic rings. The second kappa shape index (κ2) is 5.77. The highest BCUT2D eigenvalue weighted by Crippen LogP contribution is 2.36. The molecule has 0 bridgehead atoms. The fraction of sp³-hybridized carbons (Fsp3) is 0.643. The van der Waals surface area contributed by atoms with Crippen molar-refractivity contribution in [3.63, 3.8) is 0 Å². The predicted molar refractivity (Wildman–Crippen MR) is 77.5 cm³/mol. The summed E-state index contributed by atoms with van der Waals surface area (Å²) < 4.78 is 60.1. The summed E-state index contributed by atoms with van der Waals surface area (Å²) in [7, 11) is 0. The summed E-state index contributed by atoms with van der Waals surface area (Å²) in [5.74, 6) is -1.34. The van der Waals surface area contributed by atoms with Crippen LogP contribution in [0.1, 0.15) is 31.3 Å². The second-order valence-electron chi connectivity index (χ2n) is 6.22. The number of anilines is 1. The summed E-state index contributed by atoms with van der Waals surface area (Å²) in [4.78, 5) is 11.1. The van der Waals surface area contributed by atoms with Crippen LogP contribution in [0.25, 0.3) is 11.2 Å². The smallest absolute Gasteiger partial charge is 0.394 e. The molecule has 25 heavy (non-hydrogen) atoms. The van der Waals surface area contributed by atoms with Crippen molar-refractivity contribution in [3.05, 3.63) is 12.2 Å². The van der Waals surface area contributed by atoms with Crippen LogP contribution in [0.5, 0.6) is 0 Å². The SMILES string of the molecule is OCC1CC(F)C(n2cnc3c(NC4CC4)nc(C(F)(F)F)nc32)O1. The minimum Gasteiger partial charge on any atom is -0.394 e. The molecular formula is C14H15F4N5O2. The number of imidazole rings is 1. The quantitative estimate of drug-likeness (QED) is 0.811. The van der Waals surface area contributed by atoms with Crippen molar-refractivity contribution < 1.29 is 27.4 Å². The Labute approximate surface area is 139 Å². The zero-order valence-corrected chi connectivity index (χ0v) is 12.9. The largest absolute Gasteiger partial charge is 0.451 e. The van der Waals surface area contributed by atoms with Gasteiger partial charge in [0.2, 0.25) is 5.82 Å². The predicted octanol–water partition coefficient (Wildman–Crippen LogP) is 2.04.